The van der Waals surface area contributed by atoms with Crippen LogP contribution in [0, 0.1) is 39.6 Å². The van der Waals surface area contributed by atoms with Gasteiger partial charge in [-0.25, -0.2) is 9.80 Å². The third kappa shape index (κ3) is 7.46. The van der Waals surface area contributed by atoms with Crippen LogP contribution in [0.3, 0.4) is 0 Å². The first-order valence-corrected chi connectivity index (χ1v) is 8.67. The molecule has 8 nitrogen and oxygen atoms in total. The van der Waals surface area contributed by atoms with Crippen molar-refractivity contribution in [2.24, 2.45) is 17.4 Å². The molecule has 0 radical (unpaired) electrons. The molecule has 0 spiro atoms. The quantitative estimate of drug-likeness (QED) is 0.171. The van der Waals surface area contributed by atoms with Crippen molar-refractivity contribution >= 4 is 23.7 Å². The van der Waals surface area contributed by atoms with Gasteiger partial charge < -0.3 is 11.5 Å². The Morgan fingerprint density at radius 2 is 1.68 bits per heavy atom. The van der Waals surface area contributed by atoms with Crippen LogP contribution in [0.4, 0.5) is 0 Å². The number of benzene rings is 1. The third-order valence-electron chi connectivity index (χ3n) is 3.49. The zero-order valence-corrected chi connectivity index (χ0v) is 14.7. The molecule has 0 saturated heterocycles. The molecule has 0 saturated carbocycles. The standard InChI is InChI=1S/C16H22N8S/c17-11-23(15(19)20)8-4-5-13(9-24(12-18)16(21)22)10-25-14-6-2-1-3-7-14/h1-3,6-7,13H,4-5,8-10H2,(H3,19,20)(H3,21,22). The van der Waals surface area contributed by atoms with Gasteiger partial charge in [0.2, 0.25) is 11.9 Å². The molecule has 0 bridgehead atoms. The fourth-order valence-electron chi connectivity index (χ4n) is 2.17. The maximum atomic E-state index is 9.11. The average molecular weight is 358 g/mol. The van der Waals surface area contributed by atoms with E-state index in [1.807, 2.05) is 42.7 Å². The number of guanidine groups is 2. The number of hydrogen-bond acceptors (Lipinski definition) is 5. The number of nitrogens with one attached hydrogen (secondary N) is 2. The van der Waals surface area contributed by atoms with E-state index in [1.165, 1.54) is 0 Å². The van der Waals surface area contributed by atoms with Crippen LogP contribution in [0.25, 0.3) is 0 Å². The van der Waals surface area contributed by atoms with Gasteiger partial charge in [-0.15, -0.1) is 11.8 Å². The lowest BCUT2D eigenvalue weighted by Crippen LogP contribution is -2.37. The SMILES string of the molecule is N#CN(CCCC(CSc1ccccc1)CN(C#N)C(=N)N)C(=N)N. The van der Waals surface area contributed by atoms with Gasteiger partial charge in [-0.05, 0) is 30.9 Å². The minimum Gasteiger partial charge on any atom is -0.369 e. The van der Waals surface area contributed by atoms with Crippen LogP contribution < -0.4 is 11.5 Å². The summed E-state index contributed by atoms with van der Waals surface area (Å²) in [5, 5.41) is 32.8. The normalized spacial score (nSPS) is 11.0. The third-order valence-corrected chi connectivity index (χ3v) is 4.73. The summed E-state index contributed by atoms with van der Waals surface area (Å²) in [6, 6.07) is 9.91. The van der Waals surface area contributed by atoms with Crippen molar-refractivity contribution in [3.8, 4) is 12.4 Å². The van der Waals surface area contributed by atoms with Gasteiger partial charge >= 0.3 is 0 Å². The first-order valence-electron chi connectivity index (χ1n) is 7.68. The van der Waals surface area contributed by atoms with Crippen LogP contribution in [0.1, 0.15) is 12.8 Å². The Morgan fingerprint density at radius 3 is 2.20 bits per heavy atom. The van der Waals surface area contributed by atoms with Gasteiger partial charge in [0.1, 0.15) is 0 Å². The second-order valence-corrected chi connectivity index (χ2v) is 6.46. The van der Waals surface area contributed by atoms with Crippen LogP contribution in [0.5, 0.6) is 0 Å². The highest BCUT2D eigenvalue weighted by molar-refractivity contribution is 7.99. The van der Waals surface area contributed by atoms with Crippen molar-refractivity contribution in [2.45, 2.75) is 17.7 Å². The molecular formula is C16H22N8S. The molecule has 1 atom stereocenters. The van der Waals surface area contributed by atoms with Gasteiger partial charge in [0.25, 0.3) is 0 Å². The average Bonchev–Trinajstić information content (AvgIpc) is 2.60. The van der Waals surface area contributed by atoms with Crippen LogP contribution >= 0.6 is 11.8 Å². The largest absolute Gasteiger partial charge is 0.369 e. The molecule has 132 valence electrons. The van der Waals surface area contributed by atoms with E-state index in [4.69, 9.17) is 32.8 Å². The lowest BCUT2D eigenvalue weighted by atomic mass is 10.0. The number of nitrogens with two attached hydrogens (primary N) is 2. The molecule has 1 aromatic rings. The van der Waals surface area contributed by atoms with E-state index in [0.29, 0.717) is 19.5 Å². The van der Waals surface area contributed by atoms with Crippen LogP contribution in [-0.4, -0.2) is 40.6 Å². The van der Waals surface area contributed by atoms with Crippen molar-refractivity contribution in [3.05, 3.63) is 30.3 Å². The molecule has 0 aliphatic heterocycles. The highest BCUT2D eigenvalue weighted by Crippen LogP contribution is 2.23. The molecule has 0 aromatic heterocycles. The second kappa shape index (κ2) is 10.8. The zero-order valence-electron chi connectivity index (χ0n) is 13.9. The molecule has 0 aliphatic carbocycles. The zero-order chi connectivity index (χ0) is 18.7. The van der Waals surface area contributed by atoms with Crippen molar-refractivity contribution in [3.63, 3.8) is 0 Å². The van der Waals surface area contributed by atoms with E-state index in [0.717, 1.165) is 26.9 Å². The van der Waals surface area contributed by atoms with E-state index >= 15 is 0 Å². The molecule has 0 amide bonds. The highest BCUT2D eigenvalue weighted by Gasteiger charge is 2.17. The smallest absolute Gasteiger partial charge is 0.201 e. The molecule has 0 heterocycles. The number of hydrogen-bond donors (Lipinski definition) is 4. The lowest BCUT2D eigenvalue weighted by molar-refractivity contribution is 0.396. The van der Waals surface area contributed by atoms with Gasteiger partial charge in [0.05, 0.1) is 0 Å². The van der Waals surface area contributed by atoms with E-state index in [9.17, 15) is 0 Å². The molecule has 6 N–H and O–H groups in total. The van der Waals surface area contributed by atoms with Crippen molar-refractivity contribution < 1.29 is 0 Å². The first-order chi connectivity index (χ1) is 12.0. The topological polar surface area (TPSA) is 154 Å². The van der Waals surface area contributed by atoms with Gasteiger partial charge in [-0.1, -0.05) is 18.2 Å². The van der Waals surface area contributed by atoms with Gasteiger partial charge in [-0.3, -0.25) is 10.8 Å². The van der Waals surface area contributed by atoms with E-state index in [-0.39, 0.29) is 17.8 Å². The fourth-order valence-corrected chi connectivity index (χ4v) is 3.22. The molecule has 0 fully saturated rings. The summed E-state index contributed by atoms with van der Waals surface area (Å²) in [7, 11) is 0. The molecule has 1 rings (SSSR count). The summed E-state index contributed by atoms with van der Waals surface area (Å²) >= 11 is 1.67. The van der Waals surface area contributed by atoms with Gasteiger partial charge in [0, 0.05) is 23.7 Å². The molecule has 0 aliphatic rings. The van der Waals surface area contributed by atoms with E-state index < -0.39 is 0 Å². The Hall–Kier alpha value is -2.91. The van der Waals surface area contributed by atoms with Crippen molar-refractivity contribution in [1.29, 1.82) is 21.3 Å². The minimum absolute atomic E-state index is 0.0984. The Kier molecular flexibility index (Phi) is 8.69. The first kappa shape index (κ1) is 20.1. The van der Waals surface area contributed by atoms with Crippen molar-refractivity contribution in [1.82, 2.24) is 9.80 Å². The van der Waals surface area contributed by atoms with Crippen LogP contribution in [0.15, 0.2) is 35.2 Å². The summed E-state index contributed by atoms with van der Waals surface area (Å²) < 4.78 is 0. The Bertz CT molecular complexity index is 648. The molecule has 1 unspecified atom stereocenters. The second-order valence-electron chi connectivity index (χ2n) is 5.37. The molecule has 9 heteroatoms. The van der Waals surface area contributed by atoms with Crippen LogP contribution in [0.2, 0.25) is 0 Å². The lowest BCUT2D eigenvalue weighted by Gasteiger charge is -2.22. The predicted molar refractivity (Wildman–Crippen MR) is 98.4 cm³/mol. The van der Waals surface area contributed by atoms with E-state index in [2.05, 4.69) is 0 Å². The van der Waals surface area contributed by atoms with Crippen molar-refractivity contribution in [2.75, 3.05) is 18.8 Å². The Labute approximate surface area is 152 Å². The number of thioether (sulfide) groups is 1. The number of nitriles is 2. The summed E-state index contributed by atoms with van der Waals surface area (Å²) in [4.78, 5) is 3.40. The summed E-state index contributed by atoms with van der Waals surface area (Å²) in [5.74, 6) is 0.295. The number of rotatable bonds is 9. The fraction of sp³-hybridized carbons (Fsp3) is 0.375. The molecule has 1 aromatic carbocycles. The number of nitrogens with zero attached hydrogens (tertiary/aromatic N) is 4. The maximum Gasteiger partial charge on any atom is 0.201 e. The summed E-state index contributed by atoms with van der Waals surface area (Å²) in [6.45, 7) is 0.698. The summed E-state index contributed by atoms with van der Waals surface area (Å²) in [6.07, 6.45) is 5.14. The molecular weight excluding hydrogens is 336 g/mol. The molecule has 25 heavy (non-hydrogen) atoms. The monoisotopic (exact) mass is 358 g/mol. The minimum atomic E-state index is -0.278. The maximum absolute atomic E-state index is 9.11. The van der Waals surface area contributed by atoms with E-state index in [1.54, 1.807) is 11.8 Å². The Balaban J connectivity index is 2.64. The predicted octanol–water partition coefficient (Wildman–Crippen LogP) is 1.53. The van der Waals surface area contributed by atoms with Gasteiger partial charge in [-0.2, -0.15) is 10.5 Å². The van der Waals surface area contributed by atoms with Gasteiger partial charge in [0.15, 0.2) is 12.4 Å². The Morgan fingerprint density at radius 1 is 1.08 bits per heavy atom. The highest BCUT2D eigenvalue weighted by atomic mass is 32.2. The summed E-state index contributed by atoms with van der Waals surface area (Å²) in [5.41, 5.74) is 10.8. The van der Waals surface area contributed by atoms with Crippen LogP contribution in [-0.2, 0) is 0 Å².